The molecule has 1 aromatic heterocycles. The minimum absolute atomic E-state index is 0.169. The molecule has 19 heavy (non-hydrogen) atoms. The van der Waals surface area contributed by atoms with E-state index in [0.717, 1.165) is 18.0 Å². The smallest absolute Gasteiger partial charge is 0.166 e. The number of anilines is 1. The molecule has 0 radical (unpaired) electrons. The summed E-state index contributed by atoms with van der Waals surface area (Å²) in [6.07, 6.45) is 3.10. The summed E-state index contributed by atoms with van der Waals surface area (Å²) >= 11 is 1.69. The number of hydrogen-bond acceptors (Lipinski definition) is 7. The van der Waals surface area contributed by atoms with Gasteiger partial charge in [-0.2, -0.15) is 11.8 Å². The van der Waals surface area contributed by atoms with Crippen LogP contribution in [0.2, 0.25) is 0 Å². The third-order valence-electron chi connectivity index (χ3n) is 3.10. The second-order valence-electron chi connectivity index (χ2n) is 4.38. The molecule has 1 unspecified atom stereocenters. The van der Waals surface area contributed by atoms with Gasteiger partial charge < -0.3 is 5.73 Å². The van der Waals surface area contributed by atoms with E-state index < -0.39 is 15.2 Å². The second kappa shape index (κ2) is 6.06. The van der Waals surface area contributed by atoms with E-state index in [1.165, 1.54) is 6.20 Å². The molecule has 1 aliphatic rings. The number of aromatic nitrogens is 2. The van der Waals surface area contributed by atoms with Crippen molar-refractivity contribution in [2.45, 2.75) is 18.8 Å². The molecular weight excluding hydrogens is 284 g/mol. The van der Waals surface area contributed by atoms with Gasteiger partial charge in [-0.25, -0.2) is 13.4 Å². The monoisotopic (exact) mass is 302 g/mol. The second-order valence-corrected chi connectivity index (χ2v) is 7.98. The van der Waals surface area contributed by atoms with E-state index in [2.05, 4.69) is 9.97 Å². The highest BCUT2D eigenvalue weighted by molar-refractivity contribution is 8.01. The summed E-state index contributed by atoms with van der Waals surface area (Å²) in [5.41, 5.74) is 6.24. The summed E-state index contributed by atoms with van der Waals surface area (Å²) in [6.45, 7) is 2.94. The molecule has 2 N–H and O–H groups in total. The van der Waals surface area contributed by atoms with E-state index in [-0.39, 0.29) is 5.75 Å². The molecule has 0 amide bonds. The summed E-state index contributed by atoms with van der Waals surface area (Å²) in [7, 11) is -3.07. The molecule has 0 aromatic carbocycles. The van der Waals surface area contributed by atoms with E-state index in [9.17, 15) is 8.42 Å². The quantitative estimate of drug-likeness (QED) is 0.859. The lowest BCUT2D eigenvalue weighted by molar-refractivity contribution is 0.258. The van der Waals surface area contributed by atoms with Crippen LogP contribution in [-0.2, 0) is 16.4 Å². The average molecular weight is 302 g/mol. The Morgan fingerprint density at radius 3 is 2.89 bits per heavy atom. The predicted octanol–water partition coefficient (Wildman–Crippen LogP) is 0.368. The van der Waals surface area contributed by atoms with Crippen LogP contribution in [0.1, 0.15) is 12.6 Å². The third-order valence-corrected chi connectivity index (χ3v) is 6.43. The molecule has 1 saturated heterocycles. The zero-order chi connectivity index (χ0) is 13.9. The molecule has 0 spiro atoms. The van der Waals surface area contributed by atoms with Crippen LogP contribution in [0.15, 0.2) is 12.4 Å². The van der Waals surface area contributed by atoms with Crippen LogP contribution in [0.25, 0.3) is 0 Å². The lowest BCUT2D eigenvalue weighted by Gasteiger charge is -2.34. The maximum atomic E-state index is 12.1. The Balaban J connectivity index is 2.14. The molecule has 2 rings (SSSR count). The maximum Gasteiger partial charge on any atom is 0.166 e. The zero-order valence-corrected chi connectivity index (χ0v) is 12.5. The van der Waals surface area contributed by atoms with Gasteiger partial charge in [0.25, 0.3) is 0 Å². The Kier molecular flexibility index (Phi) is 4.64. The molecule has 0 bridgehead atoms. The highest BCUT2D eigenvalue weighted by Crippen LogP contribution is 2.22. The first-order chi connectivity index (χ1) is 9.03. The van der Waals surface area contributed by atoms with E-state index in [0.29, 0.717) is 18.1 Å². The summed E-state index contributed by atoms with van der Waals surface area (Å²) in [5.74, 6) is 2.11. The number of nitrogens with zero attached hydrogens (tertiary/aromatic N) is 3. The number of hydrogen-bond donors (Lipinski definition) is 1. The van der Waals surface area contributed by atoms with Crippen molar-refractivity contribution in [2.24, 2.45) is 0 Å². The molecule has 6 nitrogen and oxygen atoms in total. The van der Waals surface area contributed by atoms with E-state index >= 15 is 0 Å². The maximum absolute atomic E-state index is 12.1. The van der Waals surface area contributed by atoms with Crippen molar-refractivity contribution in [3.05, 3.63) is 18.1 Å². The largest absolute Gasteiger partial charge is 0.382 e. The SMILES string of the molecule is CCS(=O)(=O)C1CSCCN1Cc1cnc(N)cn1. The van der Waals surface area contributed by atoms with Crippen LogP contribution < -0.4 is 5.73 Å². The molecule has 1 fully saturated rings. The van der Waals surface area contributed by atoms with Crippen LogP contribution in [-0.4, -0.2) is 52.5 Å². The highest BCUT2D eigenvalue weighted by Gasteiger charge is 2.32. The number of thioether (sulfide) groups is 1. The first-order valence-corrected chi connectivity index (χ1v) is 8.99. The van der Waals surface area contributed by atoms with E-state index in [1.807, 2.05) is 4.90 Å². The fraction of sp³-hybridized carbons (Fsp3) is 0.636. The fourth-order valence-corrected chi connectivity index (χ4v) is 5.05. The Bertz CT molecular complexity index is 518. The van der Waals surface area contributed by atoms with Crippen molar-refractivity contribution in [1.82, 2.24) is 14.9 Å². The first-order valence-electron chi connectivity index (χ1n) is 6.12. The van der Waals surface area contributed by atoms with Crippen LogP contribution in [0.3, 0.4) is 0 Å². The van der Waals surface area contributed by atoms with E-state index in [1.54, 1.807) is 24.9 Å². The molecule has 1 atom stereocenters. The Hall–Kier alpha value is -0.860. The average Bonchev–Trinajstić information content (AvgIpc) is 2.42. The Labute approximate surface area is 117 Å². The van der Waals surface area contributed by atoms with Gasteiger partial charge in [-0.1, -0.05) is 6.92 Å². The van der Waals surface area contributed by atoms with Crippen molar-refractivity contribution in [3.8, 4) is 0 Å². The molecule has 1 aromatic rings. The normalized spacial score (nSPS) is 21.4. The number of sulfone groups is 1. The van der Waals surface area contributed by atoms with Crippen molar-refractivity contribution in [3.63, 3.8) is 0 Å². The van der Waals surface area contributed by atoms with Gasteiger partial charge in [0.1, 0.15) is 11.2 Å². The number of nitrogen functional groups attached to an aromatic ring is 1. The lowest BCUT2D eigenvalue weighted by atomic mass is 10.4. The molecule has 0 saturated carbocycles. The highest BCUT2D eigenvalue weighted by atomic mass is 32.2. The topological polar surface area (TPSA) is 89.2 Å². The summed E-state index contributed by atoms with van der Waals surface area (Å²) in [4.78, 5) is 10.1. The van der Waals surface area contributed by atoms with Crippen molar-refractivity contribution < 1.29 is 8.42 Å². The fourth-order valence-electron chi connectivity index (χ4n) is 1.97. The minimum atomic E-state index is -3.07. The minimum Gasteiger partial charge on any atom is -0.382 e. The zero-order valence-electron chi connectivity index (χ0n) is 10.8. The summed E-state index contributed by atoms with van der Waals surface area (Å²) in [6, 6.07) is 0. The van der Waals surface area contributed by atoms with Crippen LogP contribution in [0.5, 0.6) is 0 Å². The van der Waals surface area contributed by atoms with Gasteiger partial charge in [0.05, 0.1) is 18.1 Å². The van der Waals surface area contributed by atoms with Crippen LogP contribution >= 0.6 is 11.8 Å². The molecular formula is C11H18N4O2S2. The van der Waals surface area contributed by atoms with Crippen molar-refractivity contribution in [2.75, 3.05) is 29.5 Å². The van der Waals surface area contributed by atoms with Crippen LogP contribution in [0.4, 0.5) is 5.82 Å². The van der Waals surface area contributed by atoms with Crippen molar-refractivity contribution in [1.29, 1.82) is 0 Å². The van der Waals surface area contributed by atoms with Gasteiger partial charge in [-0.3, -0.25) is 9.88 Å². The number of rotatable bonds is 4. The predicted molar refractivity (Wildman–Crippen MR) is 77.4 cm³/mol. The molecule has 8 heteroatoms. The van der Waals surface area contributed by atoms with Crippen LogP contribution in [0, 0.1) is 0 Å². The Morgan fingerprint density at radius 2 is 2.26 bits per heavy atom. The standard InChI is InChI=1S/C11H18N4O2S2/c1-2-19(16,17)11-8-18-4-3-15(11)7-9-5-14-10(12)6-13-9/h5-6,11H,2-4,7-8H2,1H3,(H2,12,14). The van der Waals surface area contributed by atoms with Crippen molar-refractivity contribution >= 4 is 27.4 Å². The molecule has 106 valence electrons. The van der Waals surface area contributed by atoms with Gasteiger partial charge in [0.15, 0.2) is 9.84 Å². The third kappa shape index (κ3) is 3.58. The van der Waals surface area contributed by atoms with Gasteiger partial charge in [-0.15, -0.1) is 0 Å². The van der Waals surface area contributed by atoms with Gasteiger partial charge in [-0.05, 0) is 0 Å². The summed E-state index contributed by atoms with van der Waals surface area (Å²) < 4.78 is 24.2. The van der Waals surface area contributed by atoms with E-state index in [4.69, 9.17) is 5.73 Å². The van der Waals surface area contributed by atoms with Gasteiger partial charge >= 0.3 is 0 Å². The number of nitrogens with two attached hydrogens (primary N) is 1. The van der Waals surface area contributed by atoms with Gasteiger partial charge in [0, 0.05) is 30.3 Å². The molecule has 1 aliphatic heterocycles. The first kappa shape index (κ1) is 14.5. The molecule has 0 aliphatic carbocycles. The molecule has 2 heterocycles. The Morgan fingerprint density at radius 1 is 1.47 bits per heavy atom. The summed E-state index contributed by atoms with van der Waals surface area (Å²) in [5, 5.41) is -0.421. The lowest BCUT2D eigenvalue weighted by Crippen LogP contribution is -2.47. The van der Waals surface area contributed by atoms with Gasteiger partial charge in [0.2, 0.25) is 0 Å².